The van der Waals surface area contributed by atoms with Crippen LogP contribution in [0.25, 0.3) is 0 Å². The van der Waals surface area contributed by atoms with Crippen molar-refractivity contribution in [1.29, 1.82) is 0 Å². The van der Waals surface area contributed by atoms with Gasteiger partial charge in [-0.2, -0.15) is 5.10 Å². The van der Waals surface area contributed by atoms with Crippen LogP contribution in [0, 0.1) is 6.92 Å². The van der Waals surface area contributed by atoms with Crippen LogP contribution in [0.2, 0.25) is 0 Å². The number of nitrogens with zero attached hydrogens (tertiary/aromatic N) is 4. The summed E-state index contributed by atoms with van der Waals surface area (Å²) in [4.78, 5) is 16.0. The molecule has 1 aliphatic heterocycles. The molecule has 1 saturated heterocycles. The fraction of sp³-hybridized carbons (Fsp3) is 0.733. The monoisotopic (exact) mass is 345 g/mol. The molecule has 0 spiro atoms. The number of carbonyl (C=O) groups excluding carboxylic acids is 1. The van der Waals surface area contributed by atoms with Crippen molar-refractivity contribution in [2.75, 3.05) is 51.8 Å². The van der Waals surface area contributed by atoms with Gasteiger partial charge in [0.2, 0.25) is 5.91 Å². The summed E-state index contributed by atoms with van der Waals surface area (Å²) in [5.41, 5.74) is 2.21. The molecule has 1 aromatic heterocycles. The Morgan fingerprint density at radius 2 is 2.00 bits per heavy atom. The molecule has 132 valence electrons. The summed E-state index contributed by atoms with van der Waals surface area (Å²) >= 11 is 0. The minimum absolute atomic E-state index is 0. The maximum atomic E-state index is 12.1. The molecular weight excluding hydrogens is 318 g/mol. The highest BCUT2D eigenvalue weighted by Crippen LogP contribution is 2.20. The Morgan fingerprint density at radius 1 is 1.35 bits per heavy atom. The fourth-order valence-electron chi connectivity index (χ4n) is 2.84. The van der Waals surface area contributed by atoms with Crippen molar-refractivity contribution in [2.24, 2.45) is 7.05 Å². The fourth-order valence-corrected chi connectivity index (χ4v) is 2.84. The first-order valence-corrected chi connectivity index (χ1v) is 7.76. The maximum absolute atomic E-state index is 12.1. The van der Waals surface area contributed by atoms with Crippen LogP contribution in [0.1, 0.15) is 17.7 Å². The molecule has 0 aromatic carbocycles. The number of hydrogen-bond donors (Lipinski definition) is 1. The average molecular weight is 346 g/mol. The highest BCUT2D eigenvalue weighted by atomic mass is 35.5. The van der Waals surface area contributed by atoms with Crippen LogP contribution < -0.4 is 10.2 Å². The van der Waals surface area contributed by atoms with Crippen molar-refractivity contribution < 1.29 is 9.53 Å². The zero-order chi connectivity index (χ0) is 16.1. The summed E-state index contributed by atoms with van der Waals surface area (Å²) in [6, 6.07) is 0. The van der Waals surface area contributed by atoms with Crippen molar-refractivity contribution in [3.63, 3.8) is 0 Å². The first kappa shape index (κ1) is 19.7. The maximum Gasteiger partial charge on any atom is 0.224 e. The Morgan fingerprint density at radius 3 is 2.61 bits per heavy atom. The van der Waals surface area contributed by atoms with Gasteiger partial charge in [0.1, 0.15) is 5.82 Å². The Kier molecular flexibility index (Phi) is 7.81. The van der Waals surface area contributed by atoms with Gasteiger partial charge in [-0.15, -0.1) is 12.4 Å². The number of aromatic nitrogens is 2. The molecule has 2 heterocycles. The second kappa shape index (κ2) is 9.10. The third-order valence-corrected chi connectivity index (χ3v) is 3.92. The first-order chi connectivity index (χ1) is 10.5. The zero-order valence-electron chi connectivity index (χ0n) is 14.5. The second-order valence-electron chi connectivity index (χ2n) is 5.83. The van der Waals surface area contributed by atoms with E-state index in [-0.39, 0.29) is 18.3 Å². The van der Waals surface area contributed by atoms with E-state index in [9.17, 15) is 4.79 Å². The van der Waals surface area contributed by atoms with Crippen molar-refractivity contribution in [3.05, 3.63) is 11.3 Å². The van der Waals surface area contributed by atoms with Gasteiger partial charge in [-0.3, -0.25) is 9.48 Å². The topological polar surface area (TPSA) is 62.6 Å². The summed E-state index contributed by atoms with van der Waals surface area (Å²) in [6.07, 6.45) is 0.524. The number of halogens is 1. The van der Waals surface area contributed by atoms with Crippen LogP contribution in [0.15, 0.2) is 0 Å². The molecule has 8 heteroatoms. The highest BCUT2D eigenvalue weighted by Gasteiger charge is 2.17. The molecule has 0 aliphatic carbocycles. The Hall–Kier alpha value is -1.31. The number of nitrogens with one attached hydrogen (secondary N) is 1. The van der Waals surface area contributed by atoms with Crippen LogP contribution >= 0.6 is 12.4 Å². The molecule has 1 fully saturated rings. The van der Waals surface area contributed by atoms with Gasteiger partial charge >= 0.3 is 0 Å². The molecule has 0 saturated carbocycles. The van der Waals surface area contributed by atoms with Crippen LogP contribution in [0.3, 0.4) is 0 Å². The number of anilines is 1. The minimum Gasteiger partial charge on any atom is -0.378 e. The molecule has 2 rings (SSSR count). The Balaban J connectivity index is 0.00000264. The molecule has 0 radical (unpaired) electrons. The van der Waals surface area contributed by atoms with E-state index in [1.165, 1.54) is 5.56 Å². The molecule has 0 unspecified atom stereocenters. The summed E-state index contributed by atoms with van der Waals surface area (Å²) in [6.45, 7) is 6.15. The number of amides is 1. The van der Waals surface area contributed by atoms with Crippen molar-refractivity contribution in [1.82, 2.24) is 20.0 Å². The highest BCUT2D eigenvalue weighted by molar-refractivity contribution is 5.85. The Bertz CT molecular complexity index is 512. The van der Waals surface area contributed by atoms with E-state index in [0.29, 0.717) is 39.3 Å². The lowest BCUT2D eigenvalue weighted by molar-refractivity contribution is -0.135. The molecule has 1 amide bonds. The smallest absolute Gasteiger partial charge is 0.224 e. The minimum atomic E-state index is 0. The standard InChI is InChI=1S/C15H27N5O2.ClH/c1-12-13(15(18(2)3)19(4)17-12)11-16-6-5-14(21)20-7-9-22-10-8-20;/h16H,5-11H2,1-4H3;1H. The van der Waals surface area contributed by atoms with E-state index >= 15 is 0 Å². The number of aryl methyl sites for hydroxylation is 2. The van der Waals surface area contributed by atoms with Gasteiger partial charge in [-0.05, 0) is 6.92 Å². The van der Waals surface area contributed by atoms with Crippen LogP contribution in [-0.2, 0) is 23.1 Å². The Labute approximate surface area is 144 Å². The van der Waals surface area contributed by atoms with E-state index < -0.39 is 0 Å². The van der Waals surface area contributed by atoms with Crippen molar-refractivity contribution >= 4 is 24.1 Å². The van der Waals surface area contributed by atoms with Crippen molar-refractivity contribution in [3.8, 4) is 0 Å². The lowest BCUT2D eigenvalue weighted by atomic mass is 10.2. The van der Waals surface area contributed by atoms with Crippen LogP contribution in [-0.4, -0.2) is 67.5 Å². The summed E-state index contributed by atoms with van der Waals surface area (Å²) in [7, 11) is 5.98. The van der Waals surface area contributed by atoms with Gasteiger partial charge in [0.25, 0.3) is 0 Å². The van der Waals surface area contributed by atoms with Gasteiger partial charge in [0.05, 0.1) is 18.9 Å². The molecular formula is C15H28ClN5O2. The number of ether oxygens (including phenoxy) is 1. The zero-order valence-corrected chi connectivity index (χ0v) is 15.3. The molecule has 0 atom stereocenters. The predicted octanol–water partition coefficient (Wildman–Crippen LogP) is 0.555. The van der Waals surface area contributed by atoms with Gasteiger partial charge in [-0.25, -0.2) is 0 Å². The van der Waals surface area contributed by atoms with Gasteiger partial charge in [-0.1, -0.05) is 0 Å². The number of morpholine rings is 1. The third kappa shape index (κ3) is 5.09. The van der Waals surface area contributed by atoms with Gasteiger partial charge in [0, 0.05) is 59.3 Å². The lowest BCUT2D eigenvalue weighted by Crippen LogP contribution is -2.41. The quantitative estimate of drug-likeness (QED) is 0.763. The first-order valence-electron chi connectivity index (χ1n) is 7.76. The molecule has 7 nitrogen and oxygen atoms in total. The number of rotatable bonds is 6. The summed E-state index contributed by atoms with van der Waals surface area (Å²) in [5.74, 6) is 1.30. The number of carbonyl (C=O) groups is 1. The van der Waals surface area contributed by atoms with Crippen molar-refractivity contribution in [2.45, 2.75) is 19.9 Å². The van der Waals surface area contributed by atoms with E-state index in [4.69, 9.17) is 4.74 Å². The summed E-state index contributed by atoms with van der Waals surface area (Å²) in [5, 5.41) is 7.83. The van der Waals surface area contributed by atoms with Crippen LogP contribution in [0.4, 0.5) is 5.82 Å². The normalized spacial score (nSPS) is 14.5. The molecule has 23 heavy (non-hydrogen) atoms. The largest absolute Gasteiger partial charge is 0.378 e. The summed E-state index contributed by atoms with van der Waals surface area (Å²) < 4.78 is 7.16. The predicted molar refractivity (Wildman–Crippen MR) is 93.2 cm³/mol. The molecule has 1 aromatic rings. The van der Waals surface area contributed by atoms with Crippen LogP contribution in [0.5, 0.6) is 0 Å². The lowest BCUT2D eigenvalue weighted by Gasteiger charge is -2.26. The molecule has 1 N–H and O–H groups in total. The average Bonchev–Trinajstić information content (AvgIpc) is 2.78. The molecule has 0 bridgehead atoms. The SMILES string of the molecule is Cc1nn(C)c(N(C)C)c1CNCCC(=O)N1CCOCC1.Cl. The third-order valence-electron chi connectivity index (χ3n) is 3.92. The number of hydrogen-bond acceptors (Lipinski definition) is 5. The van der Waals surface area contributed by atoms with E-state index in [1.807, 2.05) is 37.6 Å². The van der Waals surface area contributed by atoms with E-state index in [0.717, 1.165) is 18.1 Å². The van der Waals surface area contributed by atoms with Gasteiger partial charge in [0.15, 0.2) is 0 Å². The van der Waals surface area contributed by atoms with E-state index in [2.05, 4.69) is 15.3 Å². The van der Waals surface area contributed by atoms with E-state index in [1.54, 1.807) is 0 Å². The molecule has 1 aliphatic rings. The van der Waals surface area contributed by atoms with Gasteiger partial charge < -0.3 is 19.9 Å². The second-order valence-corrected chi connectivity index (χ2v) is 5.83.